The summed E-state index contributed by atoms with van der Waals surface area (Å²) in [6.07, 6.45) is 4.54. The Labute approximate surface area is 182 Å². The first-order valence-electron chi connectivity index (χ1n) is 10.8. The second-order valence-corrected chi connectivity index (χ2v) is 10.4. The molecular formula is C23H26N2O5S. The average Bonchev–Trinajstić information content (AvgIpc) is 3.41. The Kier molecular flexibility index (Phi) is 5.25. The van der Waals surface area contributed by atoms with Crippen molar-refractivity contribution in [1.29, 1.82) is 0 Å². The van der Waals surface area contributed by atoms with Crippen molar-refractivity contribution in [2.75, 3.05) is 24.1 Å². The molecule has 164 valence electrons. The quantitative estimate of drug-likeness (QED) is 0.744. The molecule has 1 heterocycles. The molecule has 0 spiro atoms. The van der Waals surface area contributed by atoms with Crippen LogP contribution in [-0.2, 0) is 14.8 Å². The minimum absolute atomic E-state index is 0.137. The van der Waals surface area contributed by atoms with Crippen LogP contribution in [0.2, 0.25) is 0 Å². The number of hydrogen-bond donors (Lipinski definition) is 1. The van der Waals surface area contributed by atoms with E-state index in [4.69, 9.17) is 9.47 Å². The first-order chi connectivity index (χ1) is 15.0. The van der Waals surface area contributed by atoms with E-state index in [-0.39, 0.29) is 23.4 Å². The van der Waals surface area contributed by atoms with Gasteiger partial charge in [0, 0.05) is 12.1 Å². The van der Waals surface area contributed by atoms with E-state index >= 15 is 0 Å². The van der Waals surface area contributed by atoms with Crippen molar-refractivity contribution in [3.63, 3.8) is 0 Å². The van der Waals surface area contributed by atoms with Crippen LogP contribution in [0.4, 0.5) is 5.69 Å². The van der Waals surface area contributed by atoms with Gasteiger partial charge in [0.15, 0.2) is 11.5 Å². The maximum atomic E-state index is 13.5. The number of anilines is 1. The fourth-order valence-electron chi connectivity index (χ4n) is 5.03. The number of sulfonamides is 1. The Morgan fingerprint density at radius 3 is 2.48 bits per heavy atom. The van der Waals surface area contributed by atoms with Gasteiger partial charge in [-0.15, -0.1) is 0 Å². The van der Waals surface area contributed by atoms with Crippen LogP contribution in [0.1, 0.15) is 25.7 Å². The summed E-state index contributed by atoms with van der Waals surface area (Å²) in [7, 11) is -3.94. The molecule has 2 fully saturated rings. The van der Waals surface area contributed by atoms with Crippen LogP contribution >= 0.6 is 0 Å². The van der Waals surface area contributed by atoms with E-state index in [0.717, 1.165) is 17.1 Å². The molecule has 0 saturated heterocycles. The van der Waals surface area contributed by atoms with Crippen LogP contribution in [0.3, 0.4) is 0 Å². The molecule has 2 aliphatic carbocycles. The van der Waals surface area contributed by atoms with E-state index in [9.17, 15) is 13.2 Å². The topological polar surface area (TPSA) is 84.9 Å². The van der Waals surface area contributed by atoms with Gasteiger partial charge in [0.25, 0.3) is 10.0 Å². The van der Waals surface area contributed by atoms with Crippen LogP contribution in [0, 0.1) is 11.8 Å². The van der Waals surface area contributed by atoms with Gasteiger partial charge in [0.2, 0.25) is 5.91 Å². The molecular weight excluding hydrogens is 416 g/mol. The van der Waals surface area contributed by atoms with Crippen molar-refractivity contribution >= 4 is 21.6 Å². The van der Waals surface area contributed by atoms with Crippen LogP contribution in [0.25, 0.3) is 0 Å². The number of carbonyl (C=O) groups is 1. The third kappa shape index (κ3) is 3.96. The molecule has 7 nitrogen and oxygen atoms in total. The number of hydrogen-bond acceptors (Lipinski definition) is 5. The SMILES string of the molecule is O=C(CN(c1ccc2c(c1)OCCO2)S(=O)(=O)c1ccccc1)N[C@@H]1C[C@@H]2CC[C@H]1C2. The lowest BCUT2D eigenvalue weighted by Gasteiger charge is -2.28. The lowest BCUT2D eigenvalue weighted by atomic mass is 9.95. The molecule has 1 amide bonds. The molecule has 0 aromatic heterocycles. The van der Waals surface area contributed by atoms with E-state index in [1.165, 1.54) is 25.0 Å². The van der Waals surface area contributed by atoms with Gasteiger partial charge in [-0.05, 0) is 55.4 Å². The highest BCUT2D eigenvalue weighted by Crippen LogP contribution is 2.44. The largest absolute Gasteiger partial charge is 0.486 e. The van der Waals surface area contributed by atoms with Crippen molar-refractivity contribution in [1.82, 2.24) is 5.32 Å². The van der Waals surface area contributed by atoms with Crippen LogP contribution in [0.5, 0.6) is 11.5 Å². The van der Waals surface area contributed by atoms with Gasteiger partial charge >= 0.3 is 0 Å². The molecule has 2 saturated carbocycles. The second kappa shape index (κ2) is 8.07. The Bertz CT molecular complexity index is 1070. The summed E-state index contributed by atoms with van der Waals surface area (Å²) in [4.78, 5) is 13.1. The van der Waals surface area contributed by atoms with Crippen molar-refractivity contribution in [3.8, 4) is 11.5 Å². The molecule has 5 rings (SSSR count). The van der Waals surface area contributed by atoms with Gasteiger partial charge in [-0.2, -0.15) is 0 Å². The predicted octanol–water partition coefficient (Wildman–Crippen LogP) is 2.96. The van der Waals surface area contributed by atoms with Gasteiger partial charge in [-0.1, -0.05) is 24.6 Å². The monoisotopic (exact) mass is 442 g/mol. The molecule has 2 bridgehead atoms. The summed E-state index contributed by atoms with van der Waals surface area (Å²) >= 11 is 0. The Balaban J connectivity index is 1.43. The first kappa shape index (κ1) is 20.2. The number of rotatable bonds is 6. The average molecular weight is 443 g/mol. The van der Waals surface area contributed by atoms with E-state index in [1.54, 1.807) is 36.4 Å². The maximum absolute atomic E-state index is 13.5. The highest BCUT2D eigenvalue weighted by molar-refractivity contribution is 7.92. The van der Waals surface area contributed by atoms with E-state index in [0.29, 0.717) is 42.2 Å². The van der Waals surface area contributed by atoms with Gasteiger partial charge in [-0.25, -0.2) is 8.42 Å². The van der Waals surface area contributed by atoms with E-state index in [1.807, 2.05) is 0 Å². The highest BCUT2D eigenvalue weighted by atomic mass is 32.2. The summed E-state index contributed by atoms with van der Waals surface area (Å²) in [5.41, 5.74) is 0.371. The molecule has 1 N–H and O–H groups in total. The predicted molar refractivity (Wildman–Crippen MR) is 116 cm³/mol. The molecule has 8 heteroatoms. The molecule has 3 aliphatic rings. The van der Waals surface area contributed by atoms with Crippen molar-refractivity contribution in [3.05, 3.63) is 48.5 Å². The highest BCUT2D eigenvalue weighted by Gasteiger charge is 2.40. The van der Waals surface area contributed by atoms with Crippen LogP contribution < -0.4 is 19.1 Å². The lowest BCUT2D eigenvalue weighted by Crippen LogP contribution is -2.46. The summed E-state index contributed by atoms with van der Waals surface area (Å²) in [5, 5.41) is 3.10. The molecule has 0 unspecified atom stereocenters. The number of fused-ring (bicyclic) bond motifs is 3. The molecule has 31 heavy (non-hydrogen) atoms. The molecule has 3 atom stereocenters. The normalized spacial score (nSPS) is 24.1. The number of benzene rings is 2. The smallest absolute Gasteiger partial charge is 0.264 e. The molecule has 2 aromatic carbocycles. The van der Waals surface area contributed by atoms with Crippen molar-refractivity contribution < 1.29 is 22.7 Å². The third-order valence-corrected chi connectivity index (χ3v) is 8.30. The third-order valence-electron chi connectivity index (χ3n) is 6.52. The fraction of sp³-hybridized carbons (Fsp3) is 0.435. The second-order valence-electron chi connectivity index (χ2n) is 8.50. The zero-order valence-corrected chi connectivity index (χ0v) is 18.0. The number of ether oxygens (including phenoxy) is 2. The zero-order chi connectivity index (χ0) is 21.4. The van der Waals surface area contributed by atoms with Gasteiger partial charge in [-0.3, -0.25) is 9.10 Å². The molecule has 0 radical (unpaired) electrons. The van der Waals surface area contributed by atoms with Crippen LogP contribution in [0.15, 0.2) is 53.4 Å². The van der Waals surface area contributed by atoms with E-state index in [2.05, 4.69) is 5.32 Å². The van der Waals surface area contributed by atoms with Crippen LogP contribution in [-0.4, -0.2) is 40.1 Å². The van der Waals surface area contributed by atoms with Gasteiger partial charge in [0.1, 0.15) is 19.8 Å². The van der Waals surface area contributed by atoms with E-state index < -0.39 is 10.0 Å². The van der Waals surface area contributed by atoms with Crippen molar-refractivity contribution in [2.24, 2.45) is 11.8 Å². The summed E-state index contributed by atoms with van der Waals surface area (Å²) in [5.74, 6) is 1.97. The van der Waals surface area contributed by atoms with Crippen molar-refractivity contribution in [2.45, 2.75) is 36.6 Å². The van der Waals surface area contributed by atoms with Gasteiger partial charge in [0.05, 0.1) is 10.6 Å². The summed E-state index contributed by atoms with van der Waals surface area (Å²) in [6, 6.07) is 13.3. The summed E-state index contributed by atoms with van der Waals surface area (Å²) < 4.78 is 39.3. The van der Waals surface area contributed by atoms with Gasteiger partial charge < -0.3 is 14.8 Å². The Hall–Kier alpha value is -2.74. The minimum Gasteiger partial charge on any atom is -0.486 e. The standard InChI is InChI=1S/C23H26N2O5S/c26-23(24-20-13-16-6-7-17(20)12-16)15-25(31(27,28)19-4-2-1-3-5-19)18-8-9-21-22(14-18)30-11-10-29-21/h1-5,8-9,14,16-17,20H,6-7,10-13,15H2,(H,24,26)/t16-,17+,20-/m1/s1. The number of nitrogens with one attached hydrogen (secondary N) is 1. The Morgan fingerprint density at radius 1 is 1.00 bits per heavy atom. The summed E-state index contributed by atoms with van der Waals surface area (Å²) in [6.45, 7) is 0.557. The number of amides is 1. The fourth-order valence-corrected chi connectivity index (χ4v) is 6.46. The maximum Gasteiger partial charge on any atom is 0.264 e. The lowest BCUT2D eigenvalue weighted by molar-refractivity contribution is -0.120. The number of carbonyl (C=O) groups excluding carboxylic acids is 1. The molecule has 2 aromatic rings. The number of nitrogens with zero attached hydrogens (tertiary/aromatic N) is 1. The zero-order valence-electron chi connectivity index (χ0n) is 17.2. The Morgan fingerprint density at radius 2 is 1.77 bits per heavy atom. The minimum atomic E-state index is -3.94. The first-order valence-corrected chi connectivity index (χ1v) is 12.2. The molecule has 1 aliphatic heterocycles.